The summed E-state index contributed by atoms with van der Waals surface area (Å²) in [5.41, 5.74) is 1.60. The highest BCUT2D eigenvalue weighted by atomic mass is 16.3. The molecule has 146 valence electrons. The summed E-state index contributed by atoms with van der Waals surface area (Å²) >= 11 is 0. The molecule has 2 saturated heterocycles. The van der Waals surface area contributed by atoms with Crippen molar-refractivity contribution in [1.82, 2.24) is 29.7 Å². The number of nitrogens with zero attached hydrogens (tertiary/aromatic N) is 6. The first-order valence-electron chi connectivity index (χ1n) is 9.72. The van der Waals surface area contributed by atoms with Crippen LogP contribution in [0.5, 0.6) is 0 Å². The van der Waals surface area contributed by atoms with Crippen molar-refractivity contribution in [3.05, 3.63) is 24.3 Å². The molecule has 0 bridgehead atoms. The first kappa shape index (κ1) is 18.3. The van der Waals surface area contributed by atoms with E-state index >= 15 is 0 Å². The first-order valence-corrected chi connectivity index (χ1v) is 9.72. The Hall–Kier alpha value is -2.03. The molecule has 1 aromatic heterocycles. The lowest BCUT2D eigenvalue weighted by Crippen LogP contribution is -2.47. The van der Waals surface area contributed by atoms with Crippen molar-refractivity contribution in [1.29, 1.82) is 0 Å². The second-order valence-electron chi connectivity index (χ2n) is 7.82. The zero-order valence-electron chi connectivity index (χ0n) is 15.9. The number of hydrogen-bond acceptors (Lipinski definition) is 6. The number of aliphatic hydroxyl groups is 1. The summed E-state index contributed by atoms with van der Waals surface area (Å²) in [5.74, 6) is 0.500. The third-order valence-electron chi connectivity index (χ3n) is 5.86. The molecule has 8 heteroatoms. The van der Waals surface area contributed by atoms with Gasteiger partial charge in [-0.15, -0.1) is 0 Å². The highest BCUT2D eigenvalue weighted by molar-refractivity contribution is 5.77. The number of likely N-dealkylation sites (N-methyl/N-ethyl adjacent to an activating group) is 1. The molecule has 2 fully saturated rings. The van der Waals surface area contributed by atoms with E-state index in [1.165, 1.54) is 4.80 Å². The summed E-state index contributed by atoms with van der Waals surface area (Å²) < 4.78 is 0. The molecule has 2 atom stereocenters. The molecule has 4 rings (SSSR count). The quantitative estimate of drug-likeness (QED) is 0.780. The zero-order chi connectivity index (χ0) is 18.8. The SMILES string of the molecule is CN1CCN(C[C@@H]2CN(C(=O)Cn3nc4ccccc4n3)C[C@@H]2CO)CC1. The van der Waals surface area contributed by atoms with Gasteiger partial charge in [0, 0.05) is 58.3 Å². The number of hydrogen-bond donors (Lipinski definition) is 1. The minimum atomic E-state index is 0.0228. The molecule has 0 saturated carbocycles. The standard InChI is InChI=1S/C19H28N6O2/c1-22-6-8-23(9-7-22)10-15-11-24(12-16(15)14-26)19(27)13-25-20-17-4-2-3-5-18(17)21-25/h2-5,15-16,26H,6-14H2,1H3/t15-,16-/m1/s1. The average molecular weight is 372 g/mol. The Kier molecular flexibility index (Phi) is 5.38. The monoisotopic (exact) mass is 372 g/mol. The van der Waals surface area contributed by atoms with E-state index in [9.17, 15) is 9.90 Å². The average Bonchev–Trinajstić information content (AvgIpc) is 3.26. The van der Waals surface area contributed by atoms with E-state index in [1.807, 2.05) is 29.2 Å². The van der Waals surface area contributed by atoms with E-state index in [0.717, 1.165) is 43.8 Å². The van der Waals surface area contributed by atoms with Crippen molar-refractivity contribution < 1.29 is 9.90 Å². The van der Waals surface area contributed by atoms with Crippen LogP contribution in [-0.4, -0.2) is 100 Å². The highest BCUT2D eigenvalue weighted by Crippen LogP contribution is 2.25. The predicted molar refractivity (Wildman–Crippen MR) is 102 cm³/mol. The molecule has 0 unspecified atom stereocenters. The Morgan fingerprint density at radius 1 is 1.07 bits per heavy atom. The lowest BCUT2D eigenvalue weighted by atomic mass is 9.96. The normalized spacial score (nSPS) is 24.7. The molecule has 0 radical (unpaired) electrons. The molecule has 1 N–H and O–H groups in total. The summed E-state index contributed by atoms with van der Waals surface area (Å²) in [6.45, 7) is 6.83. The Morgan fingerprint density at radius 2 is 1.70 bits per heavy atom. The number of carbonyl (C=O) groups is 1. The van der Waals surface area contributed by atoms with E-state index < -0.39 is 0 Å². The summed E-state index contributed by atoms with van der Waals surface area (Å²) in [5, 5.41) is 18.6. The zero-order valence-corrected chi connectivity index (χ0v) is 15.9. The lowest BCUT2D eigenvalue weighted by molar-refractivity contribution is -0.131. The Morgan fingerprint density at radius 3 is 2.33 bits per heavy atom. The maximum absolute atomic E-state index is 12.8. The maximum Gasteiger partial charge on any atom is 0.246 e. The fourth-order valence-electron chi connectivity index (χ4n) is 4.11. The molecule has 2 aliphatic heterocycles. The minimum absolute atomic E-state index is 0.0228. The van der Waals surface area contributed by atoms with E-state index in [-0.39, 0.29) is 25.0 Å². The fourth-order valence-corrected chi connectivity index (χ4v) is 4.11. The Labute approximate surface area is 159 Å². The van der Waals surface area contributed by atoms with Gasteiger partial charge in [-0.3, -0.25) is 4.79 Å². The van der Waals surface area contributed by atoms with Gasteiger partial charge in [0.25, 0.3) is 0 Å². The molecule has 8 nitrogen and oxygen atoms in total. The molecule has 2 aliphatic rings. The third-order valence-corrected chi connectivity index (χ3v) is 5.86. The number of fused-ring (bicyclic) bond motifs is 1. The minimum Gasteiger partial charge on any atom is -0.396 e. The Balaban J connectivity index is 1.36. The van der Waals surface area contributed by atoms with E-state index in [0.29, 0.717) is 19.0 Å². The summed E-state index contributed by atoms with van der Waals surface area (Å²) in [4.78, 5) is 20.9. The van der Waals surface area contributed by atoms with E-state index in [1.54, 1.807) is 0 Å². The van der Waals surface area contributed by atoms with Gasteiger partial charge >= 0.3 is 0 Å². The largest absolute Gasteiger partial charge is 0.396 e. The van der Waals surface area contributed by atoms with Crippen LogP contribution in [0, 0.1) is 11.8 Å². The van der Waals surface area contributed by atoms with Crippen molar-refractivity contribution >= 4 is 16.9 Å². The lowest BCUT2D eigenvalue weighted by Gasteiger charge is -2.34. The molecular weight excluding hydrogens is 344 g/mol. The number of piperazine rings is 1. The van der Waals surface area contributed by atoms with Crippen LogP contribution >= 0.6 is 0 Å². The number of likely N-dealkylation sites (tertiary alicyclic amines) is 1. The smallest absolute Gasteiger partial charge is 0.246 e. The number of carbonyl (C=O) groups excluding carboxylic acids is 1. The van der Waals surface area contributed by atoms with Gasteiger partial charge in [0.1, 0.15) is 17.6 Å². The van der Waals surface area contributed by atoms with Gasteiger partial charge in [-0.2, -0.15) is 15.0 Å². The molecule has 0 spiro atoms. The molecule has 1 amide bonds. The van der Waals surface area contributed by atoms with Gasteiger partial charge < -0.3 is 19.8 Å². The van der Waals surface area contributed by atoms with Gasteiger partial charge in [-0.05, 0) is 25.1 Å². The van der Waals surface area contributed by atoms with Crippen molar-refractivity contribution in [3.8, 4) is 0 Å². The van der Waals surface area contributed by atoms with Crippen LogP contribution in [0.25, 0.3) is 11.0 Å². The summed E-state index contributed by atoms with van der Waals surface area (Å²) in [7, 11) is 2.15. The number of amides is 1. The molecule has 3 heterocycles. The number of aromatic nitrogens is 3. The Bertz CT molecular complexity index is 752. The van der Waals surface area contributed by atoms with Crippen LogP contribution in [0.4, 0.5) is 0 Å². The second kappa shape index (κ2) is 7.92. The highest BCUT2D eigenvalue weighted by Gasteiger charge is 2.36. The summed E-state index contributed by atoms with van der Waals surface area (Å²) in [6.07, 6.45) is 0. The van der Waals surface area contributed by atoms with Gasteiger partial charge in [-0.25, -0.2) is 0 Å². The number of aliphatic hydroxyl groups excluding tert-OH is 1. The molecule has 1 aromatic carbocycles. The maximum atomic E-state index is 12.8. The predicted octanol–water partition coefficient (Wildman–Crippen LogP) is -0.254. The van der Waals surface area contributed by atoms with Gasteiger partial charge in [-0.1, -0.05) is 12.1 Å². The molecule has 27 heavy (non-hydrogen) atoms. The second-order valence-corrected chi connectivity index (χ2v) is 7.82. The third kappa shape index (κ3) is 4.12. The first-order chi connectivity index (χ1) is 13.1. The van der Waals surface area contributed by atoms with E-state index in [2.05, 4.69) is 27.0 Å². The van der Waals surface area contributed by atoms with Crippen molar-refractivity contribution in [2.75, 3.05) is 59.5 Å². The fraction of sp³-hybridized carbons (Fsp3) is 0.632. The molecule has 2 aromatic rings. The van der Waals surface area contributed by atoms with Crippen LogP contribution in [0.3, 0.4) is 0 Å². The number of benzene rings is 1. The van der Waals surface area contributed by atoms with Crippen LogP contribution in [0.1, 0.15) is 0 Å². The van der Waals surface area contributed by atoms with E-state index in [4.69, 9.17) is 0 Å². The van der Waals surface area contributed by atoms with Crippen molar-refractivity contribution in [3.63, 3.8) is 0 Å². The van der Waals surface area contributed by atoms with Crippen LogP contribution in [0.15, 0.2) is 24.3 Å². The van der Waals surface area contributed by atoms with Gasteiger partial charge in [0.2, 0.25) is 5.91 Å². The topological polar surface area (TPSA) is 77.7 Å². The van der Waals surface area contributed by atoms with Crippen LogP contribution < -0.4 is 0 Å². The number of rotatable bonds is 5. The summed E-state index contributed by atoms with van der Waals surface area (Å²) in [6, 6.07) is 7.62. The van der Waals surface area contributed by atoms with Crippen LogP contribution in [0.2, 0.25) is 0 Å². The van der Waals surface area contributed by atoms with Crippen molar-refractivity contribution in [2.24, 2.45) is 11.8 Å². The van der Waals surface area contributed by atoms with Crippen molar-refractivity contribution in [2.45, 2.75) is 6.54 Å². The molecular formula is C19H28N6O2. The van der Waals surface area contributed by atoms with Gasteiger partial charge in [0.05, 0.1) is 0 Å². The van der Waals surface area contributed by atoms with Crippen LogP contribution in [-0.2, 0) is 11.3 Å². The molecule has 0 aliphatic carbocycles. The van der Waals surface area contributed by atoms with Gasteiger partial charge in [0.15, 0.2) is 0 Å².